The van der Waals surface area contributed by atoms with Crippen LogP contribution in [-0.2, 0) is 19.1 Å². The van der Waals surface area contributed by atoms with E-state index in [2.05, 4.69) is 27.3 Å². The largest absolute Gasteiger partial charge is 0.452 e. The Hall–Kier alpha value is -3.26. The van der Waals surface area contributed by atoms with Crippen molar-refractivity contribution < 1.29 is 23.9 Å². The summed E-state index contributed by atoms with van der Waals surface area (Å²) in [5.74, 6) is -1.99. The number of amides is 3. The molecule has 0 unspecified atom stereocenters. The summed E-state index contributed by atoms with van der Waals surface area (Å²) in [4.78, 5) is 52.3. The first-order chi connectivity index (χ1) is 16.2. The molecule has 3 aliphatic rings. The van der Waals surface area contributed by atoms with Crippen LogP contribution in [0.2, 0.25) is 0 Å². The number of carbonyl (C=O) groups is 4. The van der Waals surface area contributed by atoms with E-state index in [4.69, 9.17) is 4.74 Å². The molecular weight excluding hydrogens is 500 g/mol. The molecule has 1 saturated carbocycles. The Morgan fingerprint density at radius 2 is 1.85 bits per heavy atom. The van der Waals surface area contributed by atoms with Crippen molar-refractivity contribution in [3.63, 3.8) is 0 Å². The molecular formula is C26H23BrN2O5. The first kappa shape index (κ1) is 22.5. The number of esters is 1. The van der Waals surface area contributed by atoms with E-state index in [1.165, 1.54) is 22.6 Å². The molecule has 7 nitrogen and oxygen atoms in total. The number of nitrogens with one attached hydrogen (secondary N) is 1. The average Bonchev–Trinajstić information content (AvgIpc) is 3.45. The highest BCUT2D eigenvalue weighted by atomic mass is 79.9. The summed E-state index contributed by atoms with van der Waals surface area (Å²) < 4.78 is 6.09. The Bertz CT molecular complexity index is 1270. The lowest BCUT2D eigenvalue weighted by Crippen LogP contribution is -2.33. The topological polar surface area (TPSA) is 92.8 Å². The van der Waals surface area contributed by atoms with Crippen LogP contribution < -0.4 is 10.2 Å². The molecule has 0 aromatic heterocycles. The number of imide groups is 1. The molecule has 4 atom stereocenters. The molecule has 1 aliphatic heterocycles. The molecule has 8 heteroatoms. The third-order valence-corrected chi connectivity index (χ3v) is 7.89. The van der Waals surface area contributed by atoms with Crippen molar-refractivity contribution in [1.82, 2.24) is 0 Å². The second kappa shape index (κ2) is 8.51. The zero-order valence-corrected chi connectivity index (χ0v) is 20.3. The Morgan fingerprint density at radius 1 is 1.09 bits per heavy atom. The minimum atomic E-state index is -0.708. The van der Waals surface area contributed by atoms with Gasteiger partial charge >= 0.3 is 5.97 Å². The predicted molar refractivity (Wildman–Crippen MR) is 129 cm³/mol. The number of halogens is 1. The van der Waals surface area contributed by atoms with Gasteiger partial charge in [0.05, 0.1) is 23.1 Å². The molecule has 2 bridgehead atoms. The van der Waals surface area contributed by atoms with E-state index >= 15 is 0 Å². The molecule has 34 heavy (non-hydrogen) atoms. The van der Waals surface area contributed by atoms with E-state index in [0.29, 0.717) is 11.4 Å². The molecule has 174 valence electrons. The van der Waals surface area contributed by atoms with E-state index in [9.17, 15) is 19.2 Å². The van der Waals surface area contributed by atoms with Gasteiger partial charge in [-0.2, -0.15) is 0 Å². The molecule has 2 aromatic rings. The van der Waals surface area contributed by atoms with Crippen molar-refractivity contribution in [2.45, 2.75) is 20.3 Å². The monoisotopic (exact) mass is 522 g/mol. The van der Waals surface area contributed by atoms with Crippen LogP contribution in [0, 0.1) is 30.6 Å². The number of aryl methyl sites for hydroxylation is 1. The average molecular weight is 523 g/mol. The number of hydrogen-bond donors (Lipinski definition) is 1. The first-order valence-electron chi connectivity index (χ1n) is 11.1. The van der Waals surface area contributed by atoms with E-state index in [0.717, 1.165) is 16.5 Å². The van der Waals surface area contributed by atoms with Gasteiger partial charge in [0.15, 0.2) is 6.61 Å². The Labute approximate surface area is 205 Å². The van der Waals surface area contributed by atoms with Crippen molar-refractivity contribution in [1.29, 1.82) is 0 Å². The summed E-state index contributed by atoms with van der Waals surface area (Å²) in [6.45, 7) is 3.46. The van der Waals surface area contributed by atoms with Gasteiger partial charge in [-0.25, -0.2) is 9.69 Å². The fraction of sp³-hybridized carbons (Fsp3) is 0.308. The van der Waals surface area contributed by atoms with Gasteiger partial charge in [0.25, 0.3) is 5.91 Å². The minimum Gasteiger partial charge on any atom is -0.452 e. The molecule has 2 fully saturated rings. The van der Waals surface area contributed by atoms with Crippen molar-refractivity contribution in [2.75, 3.05) is 16.8 Å². The summed E-state index contributed by atoms with van der Waals surface area (Å²) in [6, 6.07) is 11.6. The molecule has 0 spiro atoms. The highest BCUT2D eigenvalue weighted by molar-refractivity contribution is 9.10. The molecule has 2 aliphatic carbocycles. The third-order valence-electron chi connectivity index (χ3n) is 7.00. The van der Waals surface area contributed by atoms with Gasteiger partial charge in [0.1, 0.15) is 0 Å². The minimum absolute atomic E-state index is 0.109. The molecule has 1 heterocycles. The maximum absolute atomic E-state index is 13.2. The van der Waals surface area contributed by atoms with Gasteiger partial charge in [-0.05, 0) is 74.1 Å². The summed E-state index contributed by atoms with van der Waals surface area (Å²) in [7, 11) is 0. The lowest BCUT2D eigenvalue weighted by molar-refractivity contribution is -0.123. The number of fused-ring (bicyclic) bond motifs is 5. The van der Waals surface area contributed by atoms with Gasteiger partial charge in [0, 0.05) is 10.2 Å². The van der Waals surface area contributed by atoms with Crippen LogP contribution in [-0.4, -0.2) is 30.3 Å². The van der Waals surface area contributed by atoms with Gasteiger partial charge in [0.2, 0.25) is 11.8 Å². The lowest BCUT2D eigenvalue weighted by Gasteiger charge is -2.19. The van der Waals surface area contributed by atoms with Gasteiger partial charge in [-0.1, -0.05) is 33.6 Å². The van der Waals surface area contributed by atoms with Crippen molar-refractivity contribution in [3.8, 4) is 0 Å². The SMILES string of the molecule is CC1=C[C@H]2C[C@H]1[C@H]1C(=O)N(c3cccc(C(=O)OCC(=O)Nc4ccc(Br)c(C)c4)c3)C(=O)[C@H]12. The molecule has 1 saturated heterocycles. The Kier molecular flexibility index (Phi) is 5.64. The van der Waals surface area contributed by atoms with Gasteiger partial charge in [-0.3, -0.25) is 14.4 Å². The van der Waals surface area contributed by atoms with Crippen LogP contribution in [0.4, 0.5) is 11.4 Å². The quantitative estimate of drug-likeness (QED) is 0.360. The summed E-state index contributed by atoms with van der Waals surface area (Å²) in [5, 5.41) is 2.69. The number of ether oxygens (including phenoxy) is 1. The number of benzene rings is 2. The number of nitrogens with zero attached hydrogens (tertiary/aromatic N) is 1. The Morgan fingerprint density at radius 3 is 2.62 bits per heavy atom. The second-order valence-corrected chi connectivity index (χ2v) is 9.97. The highest BCUT2D eigenvalue weighted by Gasteiger charge is 2.60. The zero-order chi connectivity index (χ0) is 24.1. The fourth-order valence-electron chi connectivity index (χ4n) is 5.43. The van der Waals surface area contributed by atoms with Crippen LogP contribution in [0.3, 0.4) is 0 Å². The number of carbonyl (C=O) groups excluding carboxylic acids is 4. The summed E-state index contributed by atoms with van der Waals surface area (Å²) in [5.41, 5.74) is 3.26. The summed E-state index contributed by atoms with van der Waals surface area (Å²) >= 11 is 3.40. The highest BCUT2D eigenvalue weighted by Crippen LogP contribution is 2.55. The number of hydrogen-bond acceptors (Lipinski definition) is 5. The lowest BCUT2D eigenvalue weighted by atomic mass is 9.82. The molecule has 5 rings (SSSR count). The van der Waals surface area contributed by atoms with Crippen LogP contribution in [0.25, 0.3) is 0 Å². The van der Waals surface area contributed by atoms with Crippen molar-refractivity contribution in [2.24, 2.45) is 23.7 Å². The van der Waals surface area contributed by atoms with Gasteiger partial charge in [-0.15, -0.1) is 0 Å². The van der Waals surface area contributed by atoms with E-state index in [1.807, 2.05) is 19.9 Å². The standard InChI is InChI=1S/C26H23BrN2O5/c1-13-8-16-11-19(13)23-22(16)24(31)29(25(23)32)18-5-3-4-15(10-18)26(33)34-12-21(30)28-17-6-7-20(27)14(2)9-17/h3-10,16,19,22-23H,11-12H2,1-2H3,(H,28,30)/t16-,19+,22-,23+/m0/s1. The summed E-state index contributed by atoms with van der Waals surface area (Å²) in [6.07, 6.45) is 2.98. The maximum atomic E-state index is 13.2. The number of rotatable bonds is 5. The van der Waals surface area contributed by atoms with Crippen LogP contribution >= 0.6 is 15.9 Å². The number of anilines is 2. The molecule has 2 aromatic carbocycles. The van der Waals surface area contributed by atoms with E-state index in [-0.39, 0.29) is 41.0 Å². The smallest absolute Gasteiger partial charge is 0.338 e. The van der Waals surface area contributed by atoms with Crippen molar-refractivity contribution >= 4 is 51.0 Å². The zero-order valence-electron chi connectivity index (χ0n) is 18.7. The predicted octanol–water partition coefficient (Wildman–Crippen LogP) is 4.25. The second-order valence-electron chi connectivity index (χ2n) is 9.12. The normalized spacial score (nSPS) is 24.8. The van der Waals surface area contributed by atoms with E-state index < -0.39 is 18.5 Å². The van der Waals surface area contributed by atoms with Gasteiger partial charge < -0.3 is 10.1 Å². The number of allylic oxidation sites excluding steroid dienone is 2. The van der Waals surface area contributed by atoms with Crippen LogP contribution in [0.5, 0.6) is 0 Å². The third kappa shape index (κ3) is 3.76. The van der Waals surface area contributed by atoms with Crippen molar-refractivity contribution in [3.05, 3.63) is 69.7 Å². The first-order valence-corrected chi connectivity index (χ1v) is 11.9. The Balaban J connectivity index is 1.25. The molecule has 0 radical (unpaired) electrons. The van der Waals surface area contributed by atoms with Crippen LogP contribution in [0.1, 0.15) is 29.3 Å². The van der Waals surface area contributed by atoms with E-state index in [1.54, 1.807) is 24.3 Å². The maximum Gasteiger partial charge on any atom is 0.338 e. The molecule has 3 amide bonds. The van der Waals surface area contributed by atoms with Crippen LogP contribution in [0.15, 0.2) is 58.6 Å². The molecule has 1 N–H and O–H groups in total. The fourth-order valence-corrected chi connectivity index (χ4v) is 5.68.